The molecule has 1 aromatic rings. The van der Waals surface area contributed by atoms with Crippen LogP contribution in [0.3, 0.4) is 0 Å². The molecule has 0 amide bonds. The molecule has 1 aromatic carbocycles. The van der Waals surface area contributed by atoms with Crippen LogP contribution in [0.5, 0.6) is 0 Å². The van der Waals surface area contributed by atoms with Gasteiger partial charge in [0.15, 0.2) is 0 Å². The van der Waals surface area contributed by atoms with E-state index in [4.69, 9.17) is 5.14 Å². The van der Waals surface area contributed by atoms with Crippen LogP contribution in [0.25, 0.3) is 0 Å². The molecule has 2 N–H and O–H groups in total. The fraction of sp³-hybridized carbons (Fsp3) is 0.143. The van der Waals surface area contributed by atoms with Crippen molar-refractivity contribution in [2.24, 2.45) is 0 Å². The predicted octanol–water partition coefficient (Wildman–Crippen LogP) is 0.0297. The van der Waals surface area contributed by atoms with Crippen molar-refractivity contribution in [2.75, 3.05) is 11.0 Å². The van der Waals surface area contributed by atoms with Gasteiger partial charge in [-0.1, -0.05) is 0 Å². The molecule has 8 heteroatoms. The lowest BCUT2D eigenvalue weighted by atomic mass is 10.3. The van der Waals surface area contributed by atoms with Gasteiger partial charge in [-0.3, -0.25) is 4.72 Å². The summed E-state index contributed by atoms with van der Waals surface area (Å²) in [5.41, 5.74) is 0.255. The highest BCUT2D eigenvalue weighted by Gasteiger charge is 2.08. The van der Waals surface area contributed by atoms with Crippen LogP contribution in [0.2, 0.25) is 0 Å². The Labute approximate surface area is 88.2 Å². The van der Waals surface area contributed by atoms with Crippen molar-refractivity contribution in [2.45, 2.75) is 4.90 Å². The van der Waals surface area contributed by atoms with Crippen molar-refractivity contribution in [1.29, 1.82) is 0 Å². The van der Waals surface area contributed by atoms with Crippen LogP contribution in [0, 0.1) is 0 Å². The fourth-order valence-corrected chi connectivity index (χ4v) is 1.97. The molecule has 0 aromatic heterocycles. The second-order valence-corrected chi connectivity index (χ2v) is 6.13. The standard InChI is InChI=1S/C7H9N2O4S2/c1-14(10,11)9-6-2-4-7(5-3-6)15(8,12)13/h2-5,8-9H,1H3. The summed E-state index contributed by atoms with van der Waals surface area (Å²) in [5, 5.41) is 6.76. The predicted molar refractivity (Wildman–Crippen MR) is 55.2 cm³/mol. The summed E-state index contributed by atoms with van der Waals surface area (Å²) in [5.74, 6) is 0. The molecule has 15 heavy (non-hydrogen) atoms. The number of hydrogen-bond donors (Lipinski definition) is 1. The molecule has 0 aliphatic heterocycles. The van der Waals surface area contributed by atoms with Gasteiger partial charge in [0.25, 0.3) is 10.0 Å². The molecule has 0 heterocycles. The topological polar surface area (TPSA) is 104 Å². The normalized spacial score (nSPS) is 12.4. The summed E-state index contributed by atoms with van der Waals surface area (Å²) >= 11 is 0. The molecule has 0 atom stereocenters. The van der Waals surface area contributed by atoms with Crippen molar-refractivity contribution in [3.8, 4) is 0 Å². The minimum atomic E-state index is -3.99. The first kappa shape index (κ1) is 12.0. The number of hydrogen-bond acceptors (Lipinski definition) is 4. The molecule has 0 unspecified atom stereocenters. The van der Waals surface area contributed by atoms with E-state index in [0.29, 0.717) is 0 Å². The Balaban J connectivity index is 3.02. The summed E-state index contributed by atoms with van der Waals surface area (Å²) in [6.45, 7) is 0. The summed E-state index contributed by atoms with van der Waals surface area (Å²) < 4.78 is 45.3. The Bertz CT molecular complexity index is 545. The van der Waals surface area contributed by atoms with Crippen molar-refractivity contribution in [3.05, 3.63) is 24.3 Å². The van der Waals surface area contributed by atoms with Gasteiger partial charge in [-0.05, 0) is 24.3 Å². The molecule has 0 aliphatic carbocycles. The Morgan fingerprint density at radius 3 is 1.87 bits per heavy atom. The first-order valence-corrected chi connectivity index (χ1v) is 7.13. The van der Waals surface area contributed by atoms with Crippen LogP contribution < -0.4 is 9.86 Å². The van der Waals surface area contributed by atoms with E-state index in [-0.39, 0.29) is 10.6 Å². The minimum absolute atomic E-state index is 0.179. The van der Waals surface area contributed by atoms with E-state index in [1.165, 1.54) is 12.1 Å². The largest absolute Gasteiger partial charge is 0.284 e. The average molecular weight is 249 g/mol. The van der Waals surface area contributed by atoms with Crippen LogP contribution in [0.15, 0.2) is 29.2 Å². The van der Waals surface area contributed by atoms with Gasteiger partial charge >= 0.3 is 0 Å². The average Bonchev–Trinajstić information content (AvgIpc) is 2.00. The Hall–Kier alpha value is -1.12. The lowest BCUT2D eigenvalue weighted by Gasteiger charge is -2.03. The number of benzene rings is 1. The third-order valence-electron chi connectivity index (χ3n) is 1.47. The van der Waals surface area contributed by atoms with Crippen molar-refractivity contribution in [3.63, 3.8) is 0 Å². The van der Waals surface area contributed by atoms with Crippen LogP contribution in [-0.4, -0.2) is 23.1 Å². The van der Waals surface area contributed by atoms with E-state index >= 15 is 0 Å². The van der Waals surface area contributed by atoms with Gasteiger partial charge in [-0.2, -0.15) is 0 Å². The number of sulfonamides is 2. The molecular weight excluding hydrogens is 240 g/mol. The van der Waals surface area contributed by atoms with E-state index in [0.717, 1.165) is 18.4 Å². The molecule has 1 rings (SSSR count). The Morgan fingerprint density at radius 2 is 1.53 bits per heavy atom. The maximum absolute atomic E-state index is 10.8. The third kappa shape index (κ3) is 3.86. The van der Waals surface area contributed by atoms with E-state index in [2.05, 4.69) is 4.72 Å². The van der Waals surface area contributed by atoms with Crippen molar-refractivity contribution in [1.82, 2.24) is 5.14 Å². The Morgan fingerprint density at radius 1 is 1.07 bits per heavy atom. The van der Waals surface area contributed by atoms with Crippen LogP contribution >= 0.6 is 0 Å². The zero-order chi connectivity index (χ0) is 11.7. The van der Waals surface area contributed by atoms with E-state index in [1.54, 1.807) is 0 Å². The van der Waals surface area contributed by atoms with Gasteiger partial charge in [0, 0.05) is 5.69 Å². The lowest BCUT2D eigenvalue weighted by molar-refractivity contribution is 0.596. The van der Waals surface area contributed by atoms with Gasteiger partial charge in [0.2, 0.25) is 10.0 Å². The van der Waals surface area contributed by atoms with Gasteiger partial charge in [-0.15, -0.1) is 5.14 Å². The number of nitrogens with one attached hydrogen (secondary N) is 2. The lowest BCUT2D eigenvalue weighted by Crippen LogP contribution is -2.09. The zero-order valence-corrected chi connectivity index (χ0v) is 9.39. The number of anilines is 1. The third-order valence-corrected chi connectivity index (χ3v) is 2.97. The second-order valence-electron chi connectivity index (χ2n) is 2.90. The summed E-state index contributed by atoms with van der Waals surface area (Å²) in [6.07, 6.45) is 0.988. The van der Waals surface area contributed by atoms with Crippen LogP contribution in [0.4, 0.5) is 5.69 Å². The quantitative estimate of drug-likeness (QED) is 0.815. The fourth-order valence-electron chi connectivity index (χ4n) is 0.916. The van der Waals surface area contributed by atoms with E-state index < -0.39 is 20.0 Å². The molecule has 83 valence electrons. The second kappa shape index (κ2) is 3.80. The summed E-state index contributed by atoms with van der Waals surface area (Å²) in [4.78, 5) is -0.179. The summed E-state index contributed by atoms with van der Waals surface area (Å²) in [6, 6.07) is 4.89. The molecule has 0 saturated carbocycles. The molecule has 0 saturated heterocycles. The SMILES string of the molecule is CS(=O)(=O)Nc1ccc(S([NH])(=O)=O)cc1. The maximum atomic E-state index is 10.8. The molecule has 0 spiro atoms. The zero-order valence-electron chi connectivity index (χ0n) is 7.76. The maximum Gasteiger partial charge on any atom is 0.254 e. The van der Waals surface area contributed by atoms with Crippen LogP contribution in [0.1, 0.15) is 0 Å². The molecule has 0 fully saturated rings. The highest BCUT2D eigenvalue weighted by atomic mass is 32.2. The summed E-state index contributed by atoms with van der Waals surface area (Å²) in [7, 11) is -7.36. The number of rotatable bonds is 3. The molecular formula is C7H9N2O4S2. The van der Waals surface area contributed by atoms with Gasteiger partial charge < -0.3 is 0 Å². The van der Waals surface area contributed by atoms with Gasteiger partial charge in [0.05, 0.1) is 11.2 Å². The van der Waals surface area contributed by atoms with E-state index in [1.807, 2.05) is 0 Å². The van der Waals surface area contributed by atoms with Crippen LogP contribution in [-0.2, 0) is 20.0 Å². The monoisotopic (exact) mass is 249 g/mol. The van der Waals surface area contributed by atoms with Crippen molar-refractivity contribution < 1.29 is 16.8 Å². The van der Waals surface area contributed by atoms with E-state index in [9.17, 15) is 16.8 Å². The molecule has 6 nitrogen and oxygen atoms in total. The van der Waals surface area contributed by atoms with Gasteiger partial charge in [-0.25, -0.2) is 16.8 Å². The highest BCUT2D eigenvalue weighted by molar-refractivity contribution is 7.92. The molecule has 0 aliphatic rings. The molecule has 1 radical (unpaired) electrons. The minimum Gasteiger partial charge on any atom is -0.284 e. The molecule has 0 bridgehead atoms. The van der Waals surface area contributed by atoms with Gasteiger partial charge in [0.1, 0.15) is 0 Å². The first-order valence-electron chi connectivity index (χ1n) is 3.76. The smallest absolute Gasteiger partial charge is 0.254 e. The Kier molecular flexibility index (Phi) is 3.03. The first-order chi connectivity index (χ1) is 6.68. The highest BCUT2D eigenvalue weighted by Crippen LogP contribution is 2.13. The van der Waals surface area contributed by atoms with Crippen molar-refractivity contribution >= 4 is 25.7 Å².